The SMILES string of the molecule is Cc1ccc(C(=O)CN2C(=O)CNc3cc(C)c(C)cc32)cc1. The van der Waals surface area contributed by atoms with E-state index >= 15 is 0 Å². The Balaban J connectivity index is 1.91. The largest absolute Gasteiger partial charge is 0.374 e. The first-order valence-electron chi connectivity index (χ1n) is 7.71. The molecule has 3 rings (SSSR count). The first-order valence-corrected chi connectivity index (χ1v) is 7.71. The van der Waals surface area contributed by atoms with Crippen LogP contribution in [0.1, 0.15) is 27.0 Å². The van der Waals surface area contributed by atoms with E-state index in [1.54, 1.807) is 4.90 Å². The average Bonchev–Trinajstić information content (AvgIpc) is 2.52. The van der Waals surface area contributed by atoms with E-state index in [-0.39, 0.29) is 24.8 Å². The van der Waals surface area contributed by atoms with Crippen molar-refractivity contribution >= 4 is 23.1 Å². The van der Waals surface area contributed by atoms with Crippen LogP contribution in [0.4, 0.5) is 11.4 Å². The lowest BCUT2D eigenvalue weighted by Gasteiger charge is -2.30. The van der Waals surface area contributed by atoms with Gasteiger partial charge in [-0.3, -0.25) is 9.59 Å². The smallest absolute Gasteiger partial charge is 0.246 e. The molecular formula is C19H20N2O2. The zero-order valence-corrected chi connectivity index (χ0v) is 13.6. The molecule has 1 amide bonds. The van der Waals surface area contributed by atoms with Crippen LogP contribution in [0.5, 0.6) is 0 Å². The van der Waals surface area contributed by atoms with Gasteiger partial charge in [-0.1, -0.05) is 29.8 Å². The number of hydrogen-bond acceptors (Lipinski definition) is 3. The fourth-order valence-electron chi connectivity index (χ4n) is 2.71. The Morgan fingerprint density at radius 1 is 1.09 bits per heavy atom. The van der Waals surface area contributed by atoms with Gasteiger partial charge in [-0.15, -0.1) is 0 Å². The first-order chi connectivity index (χ1) is 11.0. The zero-order chi connectivity index (χ0) is 16.6. The van der Waals surface area contributed by atoms with Crippen LogP contribution in [0.2, 0.25) is 0 Å². The summed E-state index contributed by atoms with van der Waals surface area (Å²) in [7, 11) is 0. The van der Waals surface area contributed by atoms with Crippen LogP contribution >= 0.6 is 0 Å². The monoisotopic (exact) mass is 308 g/mol. The molecule has 0 unspecified atom stereocenters. The molecule has 0 bridgehead atoms. The maximum atomic E-state index is 12.5. The van der Waals surface area contributed by atoms with Crippen LogP contribution in [0, 0.1) is 20.8 Å². The van der Waals surface area contributed by atoms with Crippen LogP contribution in [0.15, 0.2) is 36.4 Å². The summed E-state index contributed by atoms with van der Waals surface area (Å²) in [6, 6.07) is 11.4. The van der Waals surface area contributed by atoms with E-state index in [1.165, 1.54) is 0 Å². The highest BCUT2D eigenvalue weighted by Crippen LogP contribution is 2.32. The molecule has 1 N–H and O–H groups in total. The molecule has 1 aliphatic rings. The third kappa shape index (κ3) is 2.97. The lowest BCUT2D eigenvalue weighted by Crippen LogP contribution is -2.43. The summed E-state index contributed by atoms with van der Waals surface area (Å²) in [6.07, 6.45) is 0. The standard InChI is InChI=1S/C19H20N2O2/c1-12-4-6-15(7-5-12)18(22)11-21-17-9-14(3)13(2)8-16(17)20-10-19(21)23/h4-9,20H,10-11H2,1-3H3. The summed E-state index contributed by atoms with van der Waals surface area (Å²) in [4.78, 5) is 26.4. The van der Waals surface area contributed by atoms with Gasteiger partial charge in [0.05, 0.1) is 24.5 Å². The summed E-state index contributed by atoms with van der Waals surface area (Å²) in [6.45, 7) is 6.31. The van der Waals surface area contributed by atoms with Gasteiger partial charge in [0.15, 0.2) is 5.78 Å². The fraction of sp³-hybridized carbons (Fsp3) is 0.263. The second-order valence-corrected chi connectivity index (χ2v) is 6.08. The van der Waals surface area contributed by atoms with Crippen LogP contribution in [-0.2, 0) is 4.79 Å². The molecular weight excluding hydrogens is 288 g/mol. The Bertz CT molecular complexity index is 779. The van der Waals surface area contributed by atoms with E-state index in [9.17, 15) is 9.59 Å². The highest BCUT2D eigenvalue weighted by Gasteiger charge is 2.26. The molecule has 1 aliphatic heterocycles. The Labute approximate surface area is 136 Å². The second kappa shape index (κ2) is 5.88. The molecule has 0 aliphatic carbocycles. The topological polar surface area (TPSA) is 49.4 Å². The predicted octanol–water partition coefficient (Wildman–Crippen LogP) is 3.25. The second-order valence-electron chi connectivity index (χ2n) is 6.08. The molecule has 0 saturated carbocycles. The van der Waals surface area contributed by atoms with Gasteiger partial charge in [0, 0.05) is 5.56 Å². The zero-order valence-electron chi connectivity index (χ0n) is 13.6. The Kier molecular flexibility index (Phi) is 3.90. The van der Waals surface area contributed by atoms with Crippen molar-refractivity contribution < 1.29 is 9.59 Å². The maximum absolute atomic E-state index is 12.5. The predicted molar refractivity (Wildman–Crippen MR) is 92.3 cm³/mol. The number of anilines is 2. The number of nitrogens with zero attached hydrogens (tertiary/aromatic N) is 1. The summed E-state index contributed by atoms with van der Waals surface area (Å²) in [5.41, 5.74) is 5.70. The highest BCUT2D eigenvalue weighted by molar-refractivity contribution is 6.09. The molecule has 118 valence electrons. The number of aryl methyl sites for hydroxylation is 3. The van der Waals surface area contributed by atoms with Crippen LogP contribution in [0.25, 0.3) is 0 Å². The summed E-state index contributed by atoms with van der Waals surface area (Å²) in [5.74, 6) is -0.134. The molecule has 4 nitrogen and oxygen atoms in total. The Morgan fingerprint density at radius 3 is 2.43 bits per heavy atom. The van der Waals surface area contributed by atoms with Gasteiger partial charge in [0.1, 0.15) is 0 Å². The minimum absolute atomic E-state index is 0.0515. The van der Waals surface area contributed by atoms with Gasteiger partial charge in [-0.2, -0.15) is 0 Å². The first kappa shape index (κ1) is 15.3. The van der Waals surface area contributed by atoms with E-state index in [2.05, 4.69) is 5.32 Å². The molecule has 23 heavy (non-hydrogen) atoms. The van der Waals surface area contributed by atoms with E-state index in [1.807, 2.05) is 57.2 Å². The van der Waals surface area contributed by atoms with Crippen LogP contribution < -0.4 is 10.2 Å². The third-order valence-corrected chi connectivity index (χ3v) is 4.31. The molecule has 0 radical (unpaired) electrons. The van der Waals surface area contributed by atoms with E-state index in [4.69, 9.17) is 0 Å². The molecule has 0 saturated heterocycles. The Hall–Kier alpha value is -2.62. The molecule has 0 atom stereocenters. The molecule has 0 aromatic heterocycles. The van der Waals surface area contributed by atoms with Crippen molar-refractivity contribution in [3.63, 3.8) is 0 Å². The number of Topliss-reactive ketones (excluding diaryl/α,β-unsaturated/α-hetero) is 1. The van der Waals surface area contributed by atoms with E-state index in [0.29, 0.717) is 5.56 Å². The van der Waals surface area contributed by atoms with Crippen LogP contribution in [-0.4, -0.2) is 24.8 Å². The van der Waals surface area contributed by atoms with Crippen molar-refractivity contribution in [2.45, 2.75) is 20.8 Å². The number of ketones is 1. The number of carbonyl (C=O) groups is 2. The lowest BCUT2D eigenvalue weighted by molar-refractivity contribution is -0.117. The number of carbonyl (C=O) groups excluding carboxylic acids is 2. The number of benzene rings is 2. The summed E-state index contributed by atoms with van der Waals surface area (Å²) >= 11 is 0. The van der Waals surface area contributed by atoms with Crippen LogP contribution in [0.3, 0.4) is 0 Å². The van der Waals surface area contributed by atoms with Gasteiger partial charge < -0.3 is 10.2 Å². The van der Waals surface area contributed by atoms with Gasteiger partial charge in [-0.25, -0.2) is 0 Å². The third-order valence-electron chi connectivity index (χ3n) is 4.31. The van der Waals surface area contributed by atoms with Crippen molar-refractivity contribution in [1.29, 1.82) is 0 Å². The van der Waals surface area contributed by atoms with E-state index < -0.39 is 0 Å². The summed E-state index contributed by atoms with van der Waals surface area (Å²) < 4.78 is 0. The van der Waals surface area contributed by atoms with Crippen molar-refractivity contribution in [3.05, 3.63) is 58.7 Å². The molecule has 0 fully saturated rings. The number of amides is 1. The molecule has 0 spiro atoms. The normalized spacial score (nSPS) is 13.5. The summed E-state index contributed by atoms with van der Waals surface area (Å²) in [5, 5.41) is 3.13. The van der Waals surface area contributed by atoms with Gasteiger partial charge in [0.2, 0.25) is 5.91 Å². The molecule has 4 heteroatoms. The van der Waals surface area contributed by atoms with Crippen molar-refractivity contribution in [2.75, 3.05) is 23.3 Å². The van der Waals surface area contributed by atoms with Gasteiger partial charge in [0.25, 0.3) is 0 Å². The molecule has 2 aromatic carbocycles. The quantitative estimate of drug-likeness (QED) is 0.886. The Morgan fingerprint density at radius 2 is 1.74 bits per heavy atom. The molecule has 2 aromatic rings. The van der Waals surface area contributed by atoms with Gasteiger partial charge >= 0.3 is 0 Å². The number of fused-ring (bicyclic) bond motifs is 1. The number of hydrogen-bond donors (Lipinski definition) is 1. The minimum atomic E-state index is -0.0822. The fourth-order valence-corrected chi connectivity index (χ4v) is 2.71. The van der Waals surface area contributed by atoms with Crippen molar-refractivity contribution in [2.24, 2.45) is 0 Å². The minimum Gasteiger partial charge on any atom is -0.374 e. The lowest BCUT2D eigenvalue weighted by atomic mass is 10.0. The molecule has 1 heterocycles. The van der Waals surface area contributed by atoms with Gasteiger partial charge in [-0.05, 0) is 44.0 Å². The van der Waals surface area contributed by atoms with Crippen molar-refractivity contribution in [1.82, 2.24) is 0 Å². The number of rotatable bonds is 3. The van der Waals surface area contributed by atoms with E-state index in [0.717, 1.165) is 28.1 Å². The maximum Gasteiger partial charge on any atom is 0.246 e. The van der Waals surface area contributed by atoms with Crippen molar-refractivity contribution in [3.8, 4) is 0 Å². The highest BCUT2D eigenvalue weighted by atomic mass is 16.2. The average molecular weight is 308 g/mol. The number of nitrogens with one attached hydrogen (secondary N) is 1.